The van der Waals surface area contributed by atoms with Gasteiger partial charge in [-0.2, -0.15) is 0 Å². The summed E-state index contributed by atoms with van der Waals surface area (Å²) >= 11 is 0. The minimum atomic E-state index is 0.440. The topological polar surface area (TPSA) is 22.8 Å². The lowest BCUT2D eigenvalue weighted by molar-refractivity contribution is -0.102. The summed E-state index contributed by atoms with van der Waals surface area (Å²) < 4.78 is 5.82. The van der Waals surface area contributed by atoms with E-state index >= 15 is 0 Å². The highest BCUT2D eigenvalue weighted by atomic mass is 15.4. The van der Waals surface area contributed by atoms with Gasteiger partial charge in [-0.05, 0) is 210 Å². The standard InChI is InChI=1S/C84H90N6/c1-5-25-55(26-6-1)85-77-41-21-23-43-79(77)87(57-29-9-3-10-30-57)83-53-71-68-50-60(90-75-39-19-15-35-65(75)66-36-16-20-40-76(66)90)46-48-62(68)70-52-82-84(88(58-31-11-4-12-32-58)80-44-24-22-42-78(80)86(82)56-27-7-2-8-28-56)54-72(70)67-49-59(45-47-61(67)69(71)51-81(83)85)89-73-37-17-13-33-63(73)64-34-14-18-38-74(64)89/h1-20,25-40,59-62,67-72,77-84H,21-24,41-54H2. The lowest BCUT2D eigenvalue weighted by Crippen LogP contribution is -2.73. The van der Waals surface area contributed by atoms with Gasteiger partial charge in [0.25, 0.3) is 0 Å². The monoisotopic (exact) mass is 1180 g/mol. The van der Waals surface area contributed by atoms with Crippen LogP contribution < -0.4 is 19.6 Å². The number of fused-ring (bicyclic) bond motifs is 18. The Bertz CT molecular complexity index is 3820. The lowest BCUT2D eigenvalue weighted by atomic mass is 9.46. The molecule has 4 heterocycles. The summed E-state index contributed by atoms with van der Waals surface area (Å²) in [7, 11) is 0. The minimum absolute atomic E-state index is 0.440. The number of rotatable bonds is 6. The van der Waals surface area contributed by atoms with Crippen LogP contribution in [0.3, 0.4) is 0 Å². The van der Waals surface area contributed by atoms with Crippen LogP contribution in [0, 0.1) is 47.3 Å². The maximum atomic E-state index is 3.13. The van der Waals surface area contributed by atoms with Gasteiger partial charge in [0, 0.05) is 103 Å². The Morgan fingerprint density at radius 3 is 0.711 bits per heavy atom. The smallest absolute Gasteiger partial charge is 0.0500 e. The molecule has 0 N–H and O–H groups in total. The largest absolute Gasteiger partial charge is 0.361 e. The number of piperazine rings is 2. The summed E-state index contributed by atoms with van der Waals surface area (Å²) in [6.07, 6.45) is 23.3. The molecule has 456 valence electrons. The number of hydrogen-bond acceptors (Lipinski definition) is 4. The van der Waals surface area contributed by atoms with Gasteiger partial charge < -0.3 is 28.7 Å². The molecule has 9 fully saturated rings. The summed E-state index contributed by atoms with van der Waals surface area (Å²) in [6.45, 7) is 0. The van der Waals surface area contributed by atoms with E-state index in [1.54, 1.807) is 0 Å². The first kappa shape index (κ1) is 54.3. The van der Waals surface area contributed by atoms with E-state index in [1.165, 1.54) is 182 Å². The maximum Gasteiger partial charge on any atom is 0.0500 e. The van der Waals surface area contributed by atoms with E-state index in [0.29, 0.717) is 108 Å². The van der Waals surface area contributed by atoms with Crippen molar-refractivity contribution < 1.29 is 0 Å². The molecular formula is C84H90N6. The first-order valence-electron chi connectivity index (χ1n) is 36.0. The summed E-state index contributed by atoms with van der Waals surface area (Å²) in [4.78, 5) is 12.5. The molecule has 10 aromatic rings. The molecule has 18 unspecified atom stereocenters. The van der Waals surface area contributed by atoms with Gasteiger partial charge in [0.2, 0.25) is 0 Å². The van der Waals surface area contributed by atoms with Crippen LogP contribution >= 0.6 is 0 Å². The van der Waals surface area contributed by atoms with Gasteiger partial charge >= 0.3 is 0 Å². The van der Waals surface area contributed by atoms with E-state index in [1.807, 2.05) is 0 Å². The molecule has 2 aliphatic heterocycles. The lowest BCUT2D eigenvalue weighted by Gasteiger charge is -2.67. The molecule has 7 saturated carbocycles. The van der Waals surface area contributed by atoms with Gasteiger partial charge in [0.1, 0.15) is 0 Å². The molecule has 2 aromatic heterocycles. The number of para-hydroxylation sites is 8. The van der Waals surface area contributed by atoms with E-state index in [2.05, 4.69) is 247 Å². The van der Waals surface area contributed by atoms with Gasteiger partial charge in [0.05, 0.1) is 24.2 Å². The van der Waals surface area contributed by atoms with Crippen LogP contribution in [-0.4, -0.2) is 57.5 Å². The van der Waals surface area contributed by atoms with E-state index < -0.39 is 0 Å². The second-order valence-corrected chi connectivity index (χ2v) is 30.1. The Balaban J connectivity index is 0.823. The number of benzene rings is 8. The molecule has 0 radical (unpaired) electrons. The summed E-state index contributed by atoms with van der Waals surface area (Å²) in [5, 5.41) is 5.72. The van der Waals surface area contributed by atoms with Gasteiger partial charge in [-0.15, -0.1) is 0 Å². The predicted molar refractivity (Wildman–Crippen MR) is 374 cm³/mol. The van der Waals surface area contributed by atoms with Crippen LogP contribution in [0.1, 0.15) is 128 Å². The number of hydrogen-bond donors (Lipinski definition) is 0. The molecule has 19 rings (SSSR count). The van der Waals surface area contributed by atoms with Crippen LogP contribution in [0.5, 0.6) is 0 Å². The Kier molecular flexibility index (Phi) is 13.4. The van der Waals surface area contributed by atoms with Crippen molar-refractivity contribution in [3.63, 3.8) is 0 Å². The highest BCUT2D eigenvalue weighted by molar-refractivity contribution is 6.09. The molecular weight excluding hydrogens is 1090 g/mol. The van der Waals surface area contributed by atoms with Crippen molar-refractivity contribution in [1.82, 2.24) is 9.13 Å². The van der Waals surface area contributed by atoms with Crippen LogP contribution in [0.2, 0.25) is 0 Å². The second kappa shape index (κ2) is 22.2. The Hall–Kier alpha value is -7.44. The van der Waals surface area contributed by atoms with Crippen LogP contribution in [-0.2, 0) is 0 Å². The van der Waals surface area contributed by atoms with Gasteiger partial charge in [-0.25, -0.2) is 0 Å². The highest BCUT2D eigenvalue weighted by Crippen LogP contribution is 2.65. The summed E-state index contributed by atoms with van der Waals surface area (Å²) in [5.41, 5.74) is 11.7. The van der Waals surface area contributed by atoms with Crippen molar-refractivity contribution in [3.05, 3.63) is 218 Å². The molecule has 0 amide bonds. The van der Waals surface area contributed by atoms with E-state index in [9.17, 15) is 0 Å². The quantitative estimate of drug-likeness (QED) is 0.155. The second-order valence-electron chi connectivity index (χ2n) is 30.1. The fourth-order valence-electron chi connectivity index (χ4n) is 23.6. The Labute approximate surface area is 533 Å². The maximum absolute atomic E-state index is 3.13. The molecule has 9 aliphatic rings. The fraction of sp³-hybridized carbons (Fsp3) is 0.429. The highest BCUT2D eigenvalue weighted by Gasteiger charge is 2.63. The van der Waals surface area contributed by atoms with Crippen molar-refractivity contribution in [2.24, 2.45) is 47.3 Å². The molecule has 0 bridgehead atoms. The van der Waals surface area contributed by atoms with Crippen molar-refractivity contribution in [2.75, 3.05) is 19.6 Å². The van der Waals surface area contributed by atoms with Gasteiger partial charge in [0.15, 0.2) is 0 Å². The Morgan fingerprint density at radius 2 is 0.433 bits per heavy atom. The summed E-state index contributed by atoms with van der Waals surface area (Å²) in [6, 6.07) is 90.7. The van der Waals surface area contributed by atoms with Crippen molar-refractivity contribution in [2.45, 2.75) is 176 Å². The zero-order valence-corrected chi connectivity index (χ0v) is 52.6. The SMILES string of the molecule is c1ccc(N2C3CCCCC3N(c3ccccc3)C3CC4C(CC32)C2CCC(n3c5ccccc5c5ccccc53)CC2C2CC3C(CC2C2CCC(n5c6ccccc6c6ccccc65)CC24)N(c2ccccc2)C2CCCCC2N3c2ccccc2)cc1. The zero-order chi connectivity index (χ0) is 59.0. The fourth-order valence-corrected chi connectivity index (χ4v) is 23.6. The minimum Gasteiger partial charge on any atom is -0.361 e. The molecule has 7 aliphatic carbocycles. The van der Waals surface area contributed by atoms with E-state index in [0.717, 1.165) is 0 Å². The van der Waals surface area contributed by atoms with Crippen molar-refractivity contribution in [3.8, 4) is 0 Å². The number of aromatic nitrogens is 2. The third kappa shape index (κ3) is 8.53. The predicted octanol–water partition coefficient (Wildman–Crippen LogP) is 19.7. The molecule has 0 spiro atoms. The third-order valence-corrected chi connectivity index (χ3v) is 26.5. The number of anilines is 4. The first-order valence-corrected chi connectivity index (χ1v) is 36.0. The van der Waals surface area contributed by atoms with Gasteiger partial charge in [-0.1, -0.05) is 171 Å². The molecule has 6 nitrogen and oxygen atoms in total. The molecule has 6 heteroatoms. The van der Waals surface area contributed by atoms with E-state index in [-0.39, 0.29) is 0 Å². The van der Waals surface area contributed by atoms with Crippen molar-refractivity contribution >= 4 is 66.4 Å². The molecule has 90 heavy (non-hydrogen) atoms. The van der Waals surface area contributed by atoms with Crippen LogP contribution in [0.15, 0.2) is 218 Å². The zero-order valence-electron chi connectivity index (χ0n) is 52.6. The van der Waals surface area contributed by atoms with Crippen LogP contribution in [0.4, 0.5) is 22.7 Å². The van der Waals surface area contributed by atoms with Crippen molar-refractivity contribution in [1.29, 1.82) is 0 Å². The van der Waals surface area contributed by atoms with E-state index in [4.69, 9.17) is 0 Å². The summed E-state index contributed by atoms with van der Waals surface area (Å²) in [5.74, 6) is 5.12. The Morgan fingerprint density at radius 1 is 0.200 bits per heavy atom. The number of nitrogens with zero attached hydrogens (tertiary/aromatic N) is 6. The van der Waals surface area contributed by atoms with Gasteiger partial charge in [-0.3, -0.25) is 0 Å². The molecule has 2 saturated heterocycles. The average molecular weight is 1180 g/mol. The van der Waals surface area contributed by atoms with Crippen LogP contribution in [0.25, 0.3) is 43.6 Å². The third-order valence-electron chi connectivity index (χ3n) is 26.5. The normalized spacial score (nSPS) is 34.0. The molecule has 8 aromatic carbocycles. The average Bonchev–Trinajstić information content (AvgIpc) is 0.996. The first-order chi connectivity index (χ1) is 44.7. The molecule has 18 atom stereocenters.